The molecule has 19 heavy (non-hydrogen) atoms. The van der Waals surface area contributed by atoms with Crippen LogP contribution in [0.25, 0.3) is 0 Å². The number of nitrogens with zero attached hydrogens (tertiary/aromatic N) is 1. The third-order valence-corrected chi connectivity index (χ3v) is 5.73. The summed E-state index contributed by atoms with van der Waals surface area (Å²) in [7, 11) is 2.05. The van der Waals surface area contributed by atoms with Crippen molar-refractivity contribution in [2.75, 3.05) is 7.05 Å². The van der Waals surface area contributed by atoms with Crippen LogP contribution in [0, 0.1) is 0 Å². The fraction of sp³-hybridized carbons (Fsp3) is 0.812. The summed E-state index contributed by atoms with van der Waals surface area (Å²) < 4.78 is 0. The molecular weight excluding hydrogens is 252 g/mol. The van der Waals surface area contributed by atoms with Crippen molar-refractivity contribution in [1.29, 1.82) is 0 Å². The highest BCUT2D eigenvalue weighted by Gasteiger charge is 2.30. The van der Waals surface area contributed by atoms with Crippen LogP contribution in [-0.2, 0) is 6.54 Å². The van der Waals surface area contributed by atoms with Gasteiger partial charge in [-0.2, -0.15) is 0 Å². The molecule has 3 heteroatoms. The SMILES string of the molecule is CNCc1sc(C2CCCCCCC2)nc1C1CC1. The first-order valence-electron chi connectivity index (χ1n) is 8.02. The van der Waals surface area contributed by atoms with Gasteiger partial charge >= 0.3 is 0 Å². The molecule has 1 N–H and O–H groups in total. The predicted octanol–water partition coefficient (Wildman–Crippen LogP) is 4.57. The van der Waals surface area contributed by atoms with E-state index in [1.807, 2.05) is 18.4 Å². The highest BCUT2D eigenvalue weighted by Crippen LogP contribution is 2.44. The Morgan fingerprint density at radius 3 is 2.32 bits per heavy atom. The molecule has 0 radical (unpaired) electrons. The first-order valence-corrected chi connectivity index (χ1v) is 8.84. The number of thiazole rings is 1. The van der Waals surface area contributed by atoms with Crippen LogP contribution in [0.5, 0.6) is 0 Å². The molecule has 0 saturated heterocycles. The topological polar surface area (TPSA) is 24.9 Å². The van der Waals surface area contributed by atoms with E-state index in [0.717, 1.165) is 18.4 Å². The molecule has 0 aliphatic heterocycles. The number of hydrogen-bond acceptors (Lipinski definition) is 3. The minimum absolute atomic E-state index is 0.758. The van der Waals surface area contributed by atoms with Crippen LogP contribution in [0.15, 0.2) is 0 Å². The average Bonchev–Trinajstić information content (AvgIpc) is 3.12. The van der Waals surface area contributed by atoms with Crippen molar-refractivity contribution in [3.05, 3.63) is 15.6 Å². The van der Waals surface area contributed by atoms with E-state index in [1.54, 1.807) is 0 Å². The summed E-state index contributed by atoms with van der Waals surface area (Å²) in [6.07, 6.45) is 12.6. The highest BCUT2D eigenvalue weighted by molar-refractivity contribution is 7.11. The van der Waals surface area contributed by atoms with E-state index >= 15 is 0 Å². The van der Waals surface area contributed by atoms with Gasteiger partial charge in [0.05, 0.1) is 10.7 Å². The van der Waals surface area contributed by atoms with Gasteiger partial charge in [0.2, 0.25) is 0 Å². The Morgan fingerprint density at radius 1 is 1.00 bits per heavy atom. The van der Waals surface area contributed by atoms with Gasteiger partial charge in [-0.05, 0) is 32.7 Å². The maximum Gasteiger partial charge on any atom is 0.0962 e. The van der Waals surface area contributed by atoms with Crippen molar-refractivity contribution in [3.8, 4) is 0 Å². The van der Waals surface area contributed by atoms with Gasteiger partial charge in [0, 0.05) is 23.3 Å². The fourth-order valence-corrected chi connectivity index (χ4v) is 4.56. The second-order valence-corrected chi connectivity index (χ2v) is 7.32. The Hall–Kier alpha value is -0.410. The van der Waals surface area contributed by atoms with E-state index in [0.29, 0.717) is 0 Å². The summed E-state index contributed by atoms with van der Waals surface area (Å²) in [5.41, 5.74) is 1.44. The summed E-state index contributed by atoms with van der Waals surface area (Å²) in [4.78, 5) is 6.58. The lowest BCUT2D eigenvalue weighted by atomic mass is 9.92. The maximum atomic E-state index is 5.07. The summed E-state index contributed by atoms with van der Waals surface area (Å²) in [6.45, 7) is 1.01. The van der Waals surface area contributed by atoms with Crippen LogP contribution in [0.1, 0.15) is 85.2 Å². The molecule has 106 valence electrons. The Labute approximate surface area is 121 Å². The summed E-state index contributed by atoms with van der Waals surface area (Å²) >= 11 is 2.00. The molecule has 0 unspecified atom stereocenters. The van der Waals surface area contributed by atoms with E-state index in [2.05, 4.69) is 5.32 Å². The van der Waals surface area contributed by atoms with Crippen LogP contribution in [-0.4, -0.2) is 12.0 Å². The molecular formula is C16H26N2S. The molecule has 0 spiro atoms. The lowest BCUT2D eigenvalue weighted by molar-refractivity contribution is 0.454. The second kappa shape index (κ2) is 6.36. The molecule has 2 fully saturated rings. The first kappa shape index (κ1) is 13.6. The summed E-state index contributed by atoms with van der Waals surface area (Å²) in [5, 5.41) is 4.77. The molecule has 2 aliphatic carbocycles. The Bertz CT molecular complexity index is 401. The molecule has 1 heterocycles. The van der Waals surface area contributed by atoms with Gasteiger partial charge in [0.25, 0.3) is 0 Å². The van der Waals surface area contributed by atoms with Crippen molar-refractivity contribution in [3.63, 3.8) is 0 Å². The Kier molecular flexibility index (Phi) is 4.54. The summed E-state index contributed by atoms with van der Waals surface area (Å²) in [6, 6.07) is 0. The van der Waals surface area contributed by atoms with Crippen LogP contribution < -0.4 is 5.32 Å². The Morgan fingerprint density at radius 2 is 1.68 bits per heavy atom. The second-order valence-electron chi connectivity index (χ2n) is 6.21. The predicted molar refractivity (Wildman–Crippen MR) is 81.9 cm³/mol. The quantitative estimate of drug-likeness (QED) is 0.872. The highest BCUT2D eigenvalue weighted by atomic mass is 32.1. The normalized spacial score (nSPS) is 22.2. The van der Waals surface area contributed by atoms with Gasteiger partial charge < -0.3 is 5.32 Å². The van der Waals surface area contributed by atoms with Crippen molar-refractivity contribution >= 4 is 11.3 Å². The van der Waals surface area contributed by atoms with Crippen LogP contribution >= 0.6 is 11.3 Å². The van der Waals surface area contributed by atoms with E-state index in [9.17, 15) is 0 Å². The minimum atomic E-state index is 0.758. The Balaban J connectivity index is 1.76. The standard InChI is InChI=1S/C16H26N2S/c1-17-11-14-15(12-9-10-12)18-16(19-14)13-7-5-3-2-4-6-8-13/h12-13,17H,2-11H2,1H3. The van der Waals surface area contributed by atoms with Gasteiger partial charge in [-0.1, -0.05) is 32.1 Å². The largest absolute Gasteiger partial charge is 0.315 e. The molecule has 0 aromatic carbocycles. The molecule has 2 saturated carbocycles. The molecule has 0 bridgehead atoms. The number of hydrogen-bond donors (Lipinski definition) is 1. The maximum absolute atomic E-state index is 5.07. The van der Waals surface area contributed by atoms with Crippen LogP contribution in [0.3, 0.4) is 0 Å². The lowest BCUT2D eigenvalue weighted by Gasteiger charge is -2.17. The molecule has 2 nitrogen and oxygen atoms in total. The zero-order chi connectivity index (χ0) is 13.1. The van der Waals surface area contributed by atoms with Crippen molar-refractivity contribution in [2.24, 2.45) is 0 Å². The van der Waals surface area contributed by atoms with Gasteiger partial charge in [0.1, 0.15) is 0 Å². The third kappa shape index (κ3) is 3.38. The van der Waals surface area contributed by atoms with Gasteiger partial charge in [-0.15, -0.1) is 11.3 Å². The van der Waals surface area contributed by atoms with Crippen molar-refractivity contribution in [2.45, 2.75) is 76.2 Å². The monoisotopic (exact) mass is 278 g/mol. The average molecular weight is 278 g/mol. The van der Waals surface area contributed by atoms with Crippen molar-refractivity contribution < 1.29 is 0 Å². The van der Waals surface area contributed by atoms with Gasteiger partial charge in [-0.3, -0.25) is 0 Å². The molecule has 1 aromatic heterocycles. The van der Waals surface area contributed by atoms with E-state index in [4.69, 9.17) is 4.98 Å². The lowest BCUT2D eigenvalue weighted by Crippen LogP contribution is -2.05. The zero-order valence-electron chi connectivity index (χ0n) is 12.1. The van der Waals surface area contributed by atoms with Crippen LogP contribution in [0.4, 0.5) is 0 Å². The number of rotatable bonds is 4. The third-order valence-electron chi connectivity index (χ3n) is 4.50. The number of nitrogens with one attached hydrogen (secondary N) is 1. The van der Waals surface area contributed by atoms with E-state index in [1.165, 1.54) is 73.4 Å². The van der Waals surface area contributed by atoms with Crippen LogP contribution in [0.2, 0.25) is 0 Å². The van der Waals surface area contributed by atoms with E-state index < -0.39 is 0 Å². The number of aromatic nitrogens is 1. The zero-order valence-corrected chi connectivity index (χ0v) is 12.9. The first-order chi connectivity index (χ1) is 9.38. The van der Waals surface area contributed by atoms with Gasteiger partial charge in [-0.25, -0.2) is 4.98 Å². The minimum Gasteiger partial charge on any atom is -0.315 e. The van der Waals surface area contributed by atoms with Gasteiger partial charge in [0.15, 0.2) is 0 Å². The van der Waals surface area contributed by atoms with E-state index in [-0.39, 0.29) is 0 Å². The molecule has 2 aliphatic rings. The fourth-order valence-electron chi connectivity index (χ4n) is 3.22. The molecule has 3 rings (SSSR count). The smallest absolute Gasteiger partial charge is 0.0962 e. The van der Waals surface area contributed by atoms with Crippen molar-refractivity contribution in [1.82, 2.24) is 10.3 Å². The molecule has 0 atom stereocenters. The summed E-state index contributed by atoms with van der Waals surface area (Å²) in [5.74, 6) is 1.55. The molecule has 0 amide bonds. The molecule has 1 aromatic rings.